The van der Waals surface area contributed by atoms with Crippen LogP contribution >= 0.6 is 0 Å². The fourth-order valence-electron chi connectivity index (χ4n) is 5.29. The van der Waals surface area contributed by atoms with Gasteiger partial charge in [-0.3, -0.25) is 23.7 Å². The number of anilines is 1. The Morgan fingerprint density at radius 2 is 1.57 bits per heavy atom. The van der Waals surface area contributed by atoms with Gasteiger partial charge >= 0.3 is 5.69 Å². The largest absolute Gasteiger partial charge is 0.330 e. The number of nitrogens with one attached hydrogen (secondary N) is 2. The molecule has 1 saturated heterocycles. The summed E-state index contributed by atoms with van der Waals surface area (Å²) in [6.45, 7) is -0.0372. The summed E-state index contributed by atoms with van der Waals surface area (Å²) in [6.07, 6.45) is 1.32. The van der Waals surface area contributed by atoms with E-state index in [0.29, 0.717) is 36.0 Å². The first-order chi connectivity index (χ1) is 19.4. The number of benzene rings is 3. The van der Waals surface area contributed by atoms with E-state index in [-0.39, 0.29) is 24.7 Å². The van der Waals surface area contributed by atoms with E-state index in [4.69, 9.17) is 0 Å². The van der Waals surface area contributed by atoms with Crippen molar-refractivity contribution >= 4 is 34.2 Å². The van der Waals surface area contributed by atoms with E-state index in [1.54, 1.807) is 41.3 Å². The smallest absolute Gasteiger partial charge is 0.329 e. The Morgan fingerprint density at radius 3 is 2.33 bits per heavy atom. The maximum absolute atomic E-state index is 13.9. The summed E-state index contributed by atoms with van der Waals surface area (Å²) in [7, 11) is 0. The highest BCUT2D eigenvalue weighted by Crippen LogP contribution is 2.25. The first kappa shape index (κ1) is 26.8. The molecule has 9 heteroatoms. The minimum atomic E-state index is -0.754. The Bertz CT molecular complexity index is 1650. The normalized spacial score (nSPS) is 15.6. The number of ketones is 1. The van der Waals surface area contributed by atoms with Crippen LogP contribution in [0.1, 0.15) is 24.8 Å². The molecule has 0 aliphatic carbocycles. The Labute approximate surface area is 230 Å². The average molecular weight is 539 g/mol. The third kappa shape index (κ3) is 5.93. The Kier molecular flexibility index (Phi) is 8.00. The van der Waals surface area contributed by atoms with E-state index in [2.05, 4.69) is 10.3 Å². The Balaban J connectivity index is 1.37. The number of fused-ring (bicyclic) bond motifs is 1. The quantitative estimate of drug-likeness (QED) is 0.339. The fourth-order valence-corrected chi connectivity index (χ4v) is 5.29. The number of aromatic nitrogens is 2. The summed E-state index contributed by atoms with van der Waals surface area (Å²) < 4.78 is 0.876. The van der Waals surface area contributed by atoms with Gasteiger partial charge in [-0.25, -0.2) is 4.79 Å². The summed E-state index contributed by atoms with van der Waals surface area (Å²) in [5.74, 6) is -1.73. The van der Waals surface area contributed by atoms with Crippen LogP contribution in [0.15, 0.2) is 94.5 Å². The Hall–Kier alpha value is -4.79. The summed E-state index contributed by atoms with van der Waals surface area (Å²) in [5.41, 5.74) is 0.677. The van der Waals surface area contributed by atoms with Gasteiger partial charge in [-0.05, 0) is 49.1 Å². The predicted molar refractivity (Wildman–Crippen MR) is 152 cm³/mol. The molecule has 4 aromatic rings. The molecule has 0 spiro atoms. The molecule has 2 atom stereocenters. The molecule has 5 rings (SSSR count). The van der Waals surface area contributed by atoms with Gasteiger partial charge in [0, 0.05) is 24.6 Å². The molecule has 1 aromatic heterocycles. The van der Waals surface area contributed by atoms with E-state index in [9.17, 15) is 24.0 Å². The third-order valence-corrected chi connectivity index (χ3v) is 7.25. The van der Waals surface area contributed by atoms with Gasteiger partial charge in [-0.1, -0.05) is 60.7 Å². The number of hydrogen-bond acceptors (Lipinski definition) is 5. The molecule has 0 unspecified atom stereocenters. The van der Waals surface area contributed by atoms with Crippen molar-refractivity contribution < 1.29 is 14.4 Å². The van der Waals surface area contributed by atoms with E-state index >= 15 is 0 Å². The summed E-state index contributed by atoms with van der Waals surface area (Å²) in [4.78, 5) is 70.0. The number of para-hydroxylation sites is 2. The van der Waals surface area contributed by atoms with Gasteiger partial charge in [-0.15, -0.1) is 0 Å². The molecule has 2 amide bonds. The molecular weight excluding hydrogens is 508 g/mol. The molecule has 1 fully saturated rings. The molecule has 1 aliphatic heterocycles. The zero-order chi connectivity index (χ0) is 28.1. The second-order valence-electron chi connectivity index (χ2n) is 10.0. The van der Waals surface area contributed by atoms with Gasteiger partial charge in [0.15, 0.2) is 5.78 Å². The van der Waals surface area contributed by atoms with Gasteiger partial charge in [0.2, 0.25) is 11.8 Å². The molecule has 1 aliphatic rings. The number of carbonyl (C=O) groups excluding carboxylic acids is 3. The number of rotatable bonds is 9. The molecule has 0 radical (unpaired) electrons. The molecule has 40 heavy (non-hydrogen) atoms. The number of hydrogen-bond donors (Lipinski definition) is 2. The fraction of sp³-hybridized carbons (Fsp3) is 0.258. The molecule has 2 heterocycles. The second-order valence-corrected chi connectivity index (χ2v) is 10.0. The lowest BCUT2D eigenvalue weighted by Crippen LogP contribution is -2.46. The topological polar surface area (TPSA) is 121 Å². The summed E-state index contributed by atoms with van der Waals surface area (Å²) in [5, 5.41) is 3.18. The number of aromatic amines is 1. The number of amides is 2. The molecule has 2 N–H and O–H groups in total. The number of carbonyl (C=O) groups is 3. The maximum Gasteiger partial charge on any atom is 0.329 e. The highest BCUT2D eigenvalue weighted by atomic mass is 16.2. The van der Waals surface area contributed by atoms with Crippen LogP contribution in [-0.4, -0.2) is 44.6 Å². The lowest BCUT2D eigenvalue weighted by Gasteiger charge is -2.28. The molecule has 9 nitrogen and oxygen atoms in total. The highest BCUT2D eigenvalue weighted by molar-refractivity contribution is 5.98. The van der Waals surface area contributed by atoms with Crippen LogP contribution in [0.25, 0.3) is 10.9 Å². The Morgan fingerprint density at radius 1 is 0.900 bits per heavy atom. The van der Waals surface area contributed by atoms with Gasteiger partial charge in [0.25, 0.3) is 5.56 Å². The van der Waals surface area contributed by atoms with Crippen molar-refractivity contribution in [1.82, 2.24) is 14.5 Å². The van der Waals surface area contributed by atoms with Crippen molar-refractivity contribution in [3.63, 3.8) is 0 Å². The van der Waals surface area contributed by atoms with E-state index in [1.165, 1.54) is 0 Å². The van der Waals surface area contributed by atoms with Gasteiger partial charge < -0.3 is 15.2 Å². The minimum absolute atomic E-state index is 0.171. The highest BCUT2D eigenvalue weighted by Gasteiger charge is 2.38. The van der Waals surface area contributed by atoms with Gasteiger partial charge in [0.05, 0.1) is 17.4 Å². The van der Waals surface area contributed by atoms with E-state index in [0.717, 1.165) is 10.1 Å². The lowest BCUT2D eigenvalue weighted by molar-refractivity contribution is -0.141. The van der Waals surface area contributed by atoms with E-state index in [1.807, 2.05) is 48.5 Å². The van der Waals surface area contributed by atoms with Gasteiger partial charge in [0.1, 0.15) is 6.04 Å². The first-order valence-corrected chi connectivity index (χ1v) is 13.3. The molecule has 0 saturated carbocycles. The summed E-state index contributed by atoms with van der Waals surface area (Å²) in [6, 6.07) is 24.4. The van der Waals surface area contributed by atoms with Crippen LogP contribution in [0.5, 0.6) is 0 Å². The van der Waals surface area contributed by atoms with Crippen molar-refractivity contribution in [3.05, 3.63) is 111 Å². The average Bonchev–Trinajstić information content (AvgIpc) is 3.46. The van der Waals surface area contributed by atoms with Crippen LogP contribution in [0.3, 0.4) is 0 Å². The monoisotopic (exact) mass is 538 g/mol. The zero-order valence-electron chi connectivity index (χ0n) is 21.9. The predicted octanol–water partition coefficient (Wildman–Crippen LogP) is 3.14. The zero-order valence-corrected chi connectivity index (χ0v) is 21.9. The second kappa shape index (κ2) is 11.9. The lowest BCUT2D eigenvalue weighted by atomic mass is 9.92. The van der Waals surface area contributed by atoms with Crippen molar-refractivity contribution in [2.24, 2.45) is 5.92 Å². The number of H-pyrrole nitrogens is 1. The number of nitrogens with zero attached hydrogens (tertiary/aromatic N) is 2. The van der Waals surface area contributed by atoms with Gasteiger partial charge in [-0.2, -0.15) is 0 Å². The number of likely N-dealkylation sites (tertiary alicyclic amines) is 1. The molecule has 3 aromatic carbocycles. The van der Waals surface area contributed by atoms with Crippen molar-refractivity contribution in [3.8, 4) is 0 Å². The van der Waals surface area contributed by atoms with Crippen LogP contribution in [0, 0.1) is 5.92 Å². The van der Waals surface area contributed by atoms with Crippen LogP contribution in [-0.2, 0) is 27.3 Å². The molecule has 0 bridgehead atoms. The SMILES string of the molecule is O=C(C[C@@H](Cc1ccccc1)C(=O)N1CCC[C@H]1C(=O)Nc1ccccc1)Cn1c(=O)[nH]c2ccccc2c1=O. The van der Waals surface area contributed by atoms with Crippen molar-refractivity contribution in [2.75, 3.05) is 11.9 Å². The van der Waals surface area contributed by atoms with Crippen molar-refractivity contribution in [2.45, 2.75) is 38.3 Å². The minimum Gasteiger partial charge on any atom is -0.330 e. The van der Waals surface area contributed by atoms with Crippen LogP contribution < -0.4 is 16.6 Å². The summed E-state index contributed by atoms with van der Waals surface area (Å²) >= 11 is 0. The molecular formula is C31H30N4O5. The van der Waals surface area contributed by atoms with Crippen LogP contribution in [0.4, 0.5) is 5.69 Å². The maximum atomic E-state index is 13.9. The van der Waals surface area contributed by atoms with Crippen molar-refractivity contribution in [1.29, 1.82) is 0 Å². The third-order valence-electron chi connectivity index (χ3n) is 7.25. The van der Waals surface area contributed by atoms with Crippen LogP contribution in [0.2, 0.25) is 0 Å². The van der Waals surface area contributed by atoms with E-state index < -0.39 is 35.5 Å². The standard InChI is InChI=1S/C31H30N4O5/c36-24(20-35-30(39)25-14-7-8-15-26(25)33-31(35)40)19-22(18-21-10-3-1-4-11-21)29(38)34-17-9-16-27(34)28(37)32-23-12-5-2-6-13-23/h1-8,10-15,22,27H,9,16-20H2,(H,32,37)(H,33,40)/t22-,27+/m1/s1. The number of Topliss-reactive ketones (excluding diaryl/α,β-unsaturated/α-hetero) is 1. The first-order valence-electron chi connectivity index (χ1n) is 13.3. The molecule has 204 valence electrons.